The van der Waals surface area contributed by atoms with Crippen LogP contribution in [-0.4, -0.2) is 4.57 Å². The highest BCUT2D eigenvalue weighted by molar-refractivity contribution is 6.09. The molecule has 0 aliphatic rings. The van der Waals surface area contributed by atoms with Crippen LogP contribution in [0.25, 0.3) is 27.5 Å². The van der Waals surface area contributed by atoms with E-state index in [2.05, 4.69) is 0 Å². The van der Waals surface area contributed by atoms with E-state index in [1.807, 2.05) is 59.2 Å². The predicted octanol–water partition coefficient (Wildman–Crippen LogP) is 4.67. The third-order valence-electron chi connectivity index (χ3n) is 4.17. The molecule has 4 heteroatoms. The third kappa shape index (κ3) is 1.81. The molecule has 4 rings (SSSR count). The Morgan fingerprint density at radius 3 is 1.88 bits per heavy atom. The Balaban J connectivity index is 2.21. The average molecular weight is 311 g/mol. The molecule has 0 atom stereocenters. The standard InChI is InChI=1S/C20H10FN3/c21-20-13(11-22)9-10-19(16(20)12-23)24-17-7-3-1-5-14(17)15-6-2-4-8-18(15)24/h1-10H. The minimum absolute atomic E-state index is 0.124. The van der Waals surface area contributed by atoms with Crippen LogP contribution in [-0.2, 0) is 0 Å². The lowest BCUT2D eigenvalue weighted by molar-refractivity contribution is 0.619. The molecule has 24 heavy (non-hydrogen) atoms. The summed E-state index contributed by atoms with van der Waals surface area (Å²) in [5.74, 6) is -0.778. The van der Waals surface area contributed by atoms with E-state index in [-0.39, 0.29) is 11.1 Å². The zero-order chi connectivity index (χ0) is 16.7. The number of benzene rings is 3. The van der Waals surface area contributed by atoms with Crippen LogP contribution in [0.1, 0.15) is 11.1 Å². The maximum Gasteiger partial charge on any atom is 0.160 e. The van der Waals surface area contributed by atoms with Gasteiger partial charge in [0.15, 0.2) is 5.82 Å². The summed E-state index contributed by atoms with van der Waals surface area (Å²) in [6, 6.07) is 22.3. The molecular formula is C20H10FN3. The minimum Gasteiger partial charge on any atom is -0.308 e. The first-order valence-electron chi connectivity index (χ1n) is 7.37. The van der Waals surface area contributed by atoms with E-state index in [0.717, 1.165) is 21.8 Å². The lowest BCUT2D eigenvalue weighted by Gasteiger charge is -2.10. The molecule has 1 aromatic heterocycles. The first-order chi connectivity index (χ1) is 11.8. The number of hydrogen-bond acceptors (Lipinski definition) is 2. The van der Waals surface area contributed by atoms with Crippen molar-refractivity contribution in [2.24, 2.45) is 0 Å². The first kappa shape index (κ1) is 14.0. The zero-order valence-electron chi connectivity index (χ0n) is 12.5. The molecule has 0 unspecified atom stereocenters. The van der Waals surface area contributed by atoms with E-state index in [0.29, 0.717) is 5.69 Å². The van der Waals surface area contributed by atoms with E-state index in [1.54, 1.807) is 12.1 Å². The van der Waals surface area contributed by atoms with Crippen molar-refractivity contribution in [2.45, 2.75) is 0 Å². The number of para-hydroxylation sites is 2. The summed E-state index contributed by atoms with van der Waals surface area (Å²) in [4.78, 5) is 0. The topological polar surface area (TPSA) is 52.5 Å². The fraction of sp³-hybridized carbons (Fsp3) is 0. The molecule has 0 N–H and O–H groups in total. The molecule has 0 spiro atoms. The molecular weight excluding hydrogens is 301 g/mol. The summed E-state index contributed by atoms with van der Waals surface area (Å²) in [6.07, 6.45) is 0. The van der Waals surface area contributed by atoms with Gasteiger partial charge in [0.1, 0.15) is 17.7 Å². The molecule has 0 bridgehead atoms. The molecule has 3 nitrogen and oxygen atoms in total. The Hall–Kier alpha value is -3.63. The van der Waals surface area contributed by atoms with Gasteiger partial charge in [-0.2, -0.15) is 10.5 Å². The van der Waals surface area contributed by atoms with Crippen LogP contribution in [0.15, 0.2) is 60.7 Å². The summed E-state index contributed by atoms with van der Waals surface area (Å²) in [7, 11) is 0. The molecule has 0 fully saturated rings. The molecule has 0 saturated carbocycles. The van der Waals surface area contributed by atoms with E-state index in [1.165, 1.54) is 6.07 Å². The lowest BCUT2D eigenvalue weighted by Crippen LogP contribution is -2.01. The second kappa shape index (κ2) is 5.22. The van der Waals surface area contributed by atoms with Crippen LogP contribution in [0.3, 0.4) is 0 Å². The second-order valence-electron chi connectivity index (χ2n) is 5.41. The fourth-order valence-electron chi connectivity index (χ4n) is 3.13. The molecule has 112 valence electrons. The van der Waals surface area contributed by atoms with Crippen LogP contribution in [0.5, 0.6) is 0 Å². The maximum absolute atomic E-state index is 14.5. The highest BCUT2D eigenvalue weighted by atomic mass is 19.1. The molecule has 1 heterocycles. The normalized spacial score (nSPS) is 10.6. The van der Waals surface area contributed by atoms with Gasteiger partial charge in [-0.05, 0) is 24.3 Å². The predicted molar refractivity (Wildman–Crippen MR) is 90.2 cm³/mol. The van der Waals surface area contributed by atoms with Gasteiger partial charge in [0.25, 0.3) is 0 Å². The number of nitriles is 2. The maximum atomic E-state index is 14.5. The monoisotopic (exact) mass is 311 g/mol. The summed E-state index contributed by atoms with van der Waals surface area (Å²) in [5.41, 5.74) is 1.96. The second-order valence-corrected chi connectivity index (χ2v) is 5.41. The molecule has 0 aliphatic heterocycles. The number of nitrogens with zero attached hydrogens (tertiary/aromatic N) is 3. The van der Waals surface area contributed by atoms with Crippen LogP contribution < -0.4 is 0 Å². The van der Waals surface area contributed by atoms with Gasteiger partial charge in [-0.15, -0.1) is 0 Å². The summed E-state index contributed by atoms with van der Waals surface area (Å²) in [6.45, 7) is 0. The molecule has 0 saturated heterocycles. The SMILES string of the molecule is N#Cc1ccc(-n2c3ccccc3c3ccccc32)c(C#N)c1F. The number of halogens is 1. The summed E-state index contributed by atoms with van der Waals surface area (Å²) >= 11 is 0. The minimum atomic E-state index is -0.778. The van der Waals surface area contributed by atoms with Crippen molar-refractivity contribution in [2.75, 3.05) is 0 Å². The highest BCUT2D eigenvalue weighted by Gasteiger charge is 2.18. The molecule has 0 radical (unpaired) electrons. The highest BCUT2D eigenvalue weighted by Crippen LogP contribution is 2.33. The fourth-order valence-corrected chi connectivity index (χ4v) is 3.13. The summed E-state index contributed by atoms with van der Waals surface area (Å²) < 4.78 is 16.3. The van der Waals surface area contributed by atoms with Crippen LogP contribution >= 0.6 is 0 Å². The van der Waals surface area contributed by atoms with Crippen LogP contribution in [0.2, 0.25) is 0 Å². The van der Waals surface area contributed by atoms with Crippen molar-refractivity contribution in [1.29, 1.82) is 10.5 Å². The number of fused-ring (bicyclic) bond motifs is 3. The number of rotatable bonds is 1. The van der Waals surface area contributed by atoms with Crippen molar-refractivity contribution in [3.05, 3.63) is 77.6 Å². The van der Waals surface area contributed by atoms with E-state index in [4.69, 9.17) is 5.26 Å². The van der Waals surface area contributed by atoms with Crippen molar-refractivity contribution in [3.8, 4) is 17.8 Å². The Morgan fingerprint density at radius 1 is 0.750 bits per heavy atom. The van der Waals surface area contributed by atoms with Gasteiger partial charge < -0.3 is 4.57 Å². The lowest BCUT2D eigenvalue weighted by atomic mass is 10.1. The molecule has 4 aromatic rings. The van der Waals surface area contributed by atoms with Crippen LogP contribution in [0.4, 0.5) is 4.39 Å². The Bertz CT molecular complexity index is 1140. The molecule has 0 amide bonds. The van der Waals surface area contributed by atoms with Crippen molar-refractivity contribution < 1.29 is 4.39 Å². The van der Waals surface area contributed by atoms with Gasteiger partial charge in [-0.3, -0.25) is 0 Å². The van der Waals surface area contributed by atoms with E-state index >= 15 is 0 Å². The quantitative estimate of drug-likeness (QED) is 0.513. The van der Waals surface area contributed by atoms with Crippen molar-refractivity contribution in [1.82, 2.24) is 4.57 Å². The van der Waals surface area contributed by atoms with Crippen molar-refractivity contribution >= 4 is 21.8 Å². The largest absolute Gasteiger partial charge is 0.308 e. The zero-order valence-corrected chi connectivity index (χ0v) is 12.5. The van der Waals surface area contributed by atoms with E-state index in [9.17, 15) is 9.65 Å². The number of hydrogen-bond donors (Lipinski definition) is 0. The average Bonchev–Trinajstić information content (AvgIpc) is 2.96. The van der Waals surface area contributed by atoms with E-state index < -0.39 is 5.82 Å². The summed E-state index contributed by atoms with van der Waals surface area (Å²) in [5, 5.41) is 20.5. The van der Waals surface area contributed by atoms with Gasteiger partial charge in [0.2, 0.25) is 0 Å². The van der Waals surface area contributed by atoms with Gasteiger partial charge in [0.05, 0.1) is 22.3 Å². The number of aromatic nitrogens is 1. The van der Waals surface area contributed by atoms with Gasteiger partial charge in [-0.1, -0.05) is 36.4 Å². The van der Waals surface area contributed by atoms with Crippen molar-refractivity contribution in [3.63, 3.8) is 0 Å². The van der Waals surface area contributed by atoms with Gasteiger partial charge >= 0.3 is 0 Å². The van der Waals surface area contributed by atoms with Crippen LogP contribution in [0, 0.1) is 28.5 Å². The molecule has 3 aromatic carbocycles. The molecule has 0 aliphatic carbocycles. The Kier molecular flexibility index (Phi) is 3.05. The smallest absolute Gasteiger partial charge is 0.160 e. The Labute approximate surface area is 137 Å². The van der Waals surface area contributed by atoms with Gasteiger partial charge in [-0.25, -0.2) is 4.39 Å². The third-order valence-corrected chi connectivity index (χ3v) is 4.17. The Morgan fingerprint density at radius 2 is 1.33 bits per heavy atom. The first-order valence-corrected chi connectivity index (χ1v) is 7.37. The van der Waals surface area contributed by atoms with Gasteiger partial charge in [0, 0.05) is 10.8 Å².